The highest BCUT2D eigenvalue weighted by Gasteiger charge is 2.38. The van der Waals surface area contributed by atoms with Gasteiger partial charge in [0.05, 0.1) is 19.8 Å². The van der Waals surface area contributed by atoms with E-state index >= 15 is 0 Å². The number of benzene rings is 1. The molecule has 0 saturated heterocycles. The molecule has 0 fully saturated rings. The molecule has 1 aliphatic rings. The summed E-state index contributed by atoms with van der Waals surface area (Å²) in [7, 11) is -4.67. The molecule has 1 aromatic heterocycles. The van der Waals surface area contributed by atoms with Crippen molar-refractivity contribution in [2.45, 2.75) is 39.0 Å². The Labute approximate surface area is 249 Å². The first-order valence-corrected chi connectivity index (χ1v) is 14.6. The molecular formula is C25H31N4O12PS. The summed E-state index contributed by atoms with van der Waals surface area (Å²) in [4.78, 5) is 62.7. The van der Waals surface area contributed by atoms with Crippen LogP contribution < -0.4 is 5.73 Å². The Bertz CT molecular complexity index is 1420. The van der Waals surface area contributed by atoms with E-state index in [-0.39, 0.29) is 30.5 Å². The van der Waals surface area contributed by atoms with Gasteiger partial charge in [-0.05, 0) is 25.6 Å². The molecule has 1 amide bonds. The smallest absolute Gasteiger partial charge is 0.469 e. The lowest BCUT2D eigenvalue weighted by atomic mass is 10.2. The fourth-order valence-corrected chi connectivity index (χ4v) is 4.60. The van der Waals surface area contributed by atoms with E-state index in [4.69, 9.17) is 35.9 Å². The summed E-state index contributed by atoms with van der Waals surface area (Å²) in [5.41, 5.74) is 7.29. The average molecular weight is 643 g/mol. The standard InChI is InChI=1S/C19H23N4O6PS.C6H8O6/c1-13(23(12-24)11-16-10-21-14(2)22-18(16)20)17(8-9-29-30(26,27)28)31-19(25)15-6-4-3-5-7-15;7-1-2(8)5-3(9)4(10)6(11)12-5/h3-7,10,12H,8-9,11H2,1-2H3,(H2,20,21,22)(H2,26,27,28);2,5,7-10H,1H2/b17-13+;/t;2-,5+/m.0/s1. The van der Waals surface area contributed by atoms with Crippen LogP contribution in [-0.4, -0.2) is 88.0 Å². The zero-order valence-corrected chi connectivity index (χ0v) is 24.6. The molecule has 0 unspecified atom stereocenters. The minimum atomic E-state index is -4.67. The first kappa shape index (κ1) is 35.4. The van der Waals surface area contributed by atoms with Crippen molar-refractivity contribution in [3.8, 4) is 0 Å². The quantitative estimate of drug-likeness (QED) is 0.0974. The van der Waals surface area contributed by atoms with Crippen LogP contribution in [-0.2, 0) is 30.0 Å². The van der Waals surface area contributed by atoms with Gasteiger partial charge in [-0.25, -0.2) is 19.3 Å². The number of nitrogens with two attached hydrogens (primary N) is 1. The molecule has 3 rings (SSSR count). The number of esters is 1. The molecule has 0 bridgehead atoms. The molecule has 234 valence electrons. The Morgan fingerprint density at radius 2 is 1.93 bits per heavy atom. The van der Waals surface area contributed by atoms with Gasteiger partial charge < -0.3 is 45.6 Å². The molecule has 1 aromatic carbocycles. The van der Waals surface area contributed by atoms with Gasteiger partial charge in [0.1, 0.15) is 17.7 Å². The molecule has 8 N–H and O–H groups in total. The van der Waals surface area contributed by atoms with Crippen LogP contribution in [0.15, 0.2) is 58.6 Å². The lowest BCUT2D eigenvalue weighted by molar-refractivity contribution is -0.147. The molecule has 0 spiro atoms. The second-order valence-electron chi connectivity index (χ2n) is 8.71. The number of nitrogen functional groups attached to an aromatic ring is 1. The van der Waals surface area contributed by atoms with E-state index in [1.54, 1.807) is 44.2 Å². The molecule has 0 saturated carbocycles. The molecular weight excluding hydrogens is 611 g/mol. The lowest BCUT2D eigenvalue weighted by Gasteiger charge is -2.22. The molecule has 2 atom stereocenters. The number of cyclic esters (lactones) is 1. The van der Waals surface area contributed by atoms with Crippen molar-refractivity contribution < 1.29 is 58.4 Å². The van der Waals surface area contributed by atoms with Crippen molar-refractivity contribution in [2.75, 3.05) is 18.9 Å². The number of ether oxygens (including phenoxy) is 1. The summed E-state index contributed by atoms with van der Waals surface area (Å²) in [6, 6.07) is 8.52. The van der Waals surface area contributed by atoms with Crippen LogP contribution in [0, 0.1) is 6.92 Å². The maximum atomic E-state index is 12.7. The van der Waals surface area contributed by atoms with Crippen molar-refractivity contribution >= 4 is 42.9 Å². The Morgan fingerprint density at radius 1 is 1.28 bits per heavy atom. The summed E-state index contributed by atoms with van der Waals surface area (Å²) in [6.45, 7) is 2.36. The maximum Gasteiger partial charge on any atom is 0.469 e. The number of hydrogen-bond acceptors (Lipinski definition) is 14. The fraction of sp³-hybridized carbons (Fsp3) is 0.320. The van der Waals surface area contributed by atoms with Gasteiger partial charge in [-0.2, -0.15) is 0 Å². The third-order valence-electron chi connectivity index (χ3n) is 5.61. The van der Waals surface area contributed by atoms with Crippen LogP contribution in [0.25, 0.3) is 0 Å². The van der Waals surface area contributed by atoms with Gasteiger partial charge >= 0.3 is 13.8 Å². The van der Waals surface area contributed by atoms with E-state index in [0.717, 1.165) is 11.8 Å². The third kappa shape index (κ3) is 10.7. The predicted molar refractivity (Wildman–Crippen MR) is 152 cm³/mol. The highest BCUT2D eigenvalue weighted by atomic mass is 32.2. The van der Waals surface area contributed by atoms with Crippen LogP contribution in [0.1, 0.15) is 35.1 Å². The number of carbonyl (C=O) groups excluding carboxylic acids is 3. The predicted octanol–water partition coefficient (Wildman–Crippen LogP) is 1.22. The van der Waals surface area contributed by atoms with Crippen molar-refractivity contribution in [2.24, 2.45) is 0 Å². The number of thioether (sulfide) groups is 1. The molecule has 1 aliphatic heterocycles. The third-order valence-corrected chi connectivity index (χ3v) is 7.30. The Hall–Kier alpha value is -3.83. The van der Waals surface area contributed by atoms with Crippen LogP contribution >= 0.6 is 19.6 Å². The molecule has 2 heterocycles. The van der Waals surface area contributed by atoms with E-state index in [9.17, 15) is 18.9 Å². The summed E-state index contributed by atoms with van der Waals surface area (Å²) >= 11 is 0.862. The van der Waals surface area contributed by atoms with Gasteiger partial charge in [0.15, 0.2) is 11.9 Å². The van der Waals surface area contributed by atoms with Gasteiger partial charge in [0.2, 0.25) is 17.3 Å². The molecule has 0 aliphatic carbocycles. The minimum Gasteiger partial charge on any atom is -0.505 e. The topological polar surface area (TPSA) is 263 Å². The van der Waals surface area contributed by atoms with Crippen molar-refractivity contribution in [3.05, 3.63) is 75.6 Å². The van der Waals surface area contributed by atoms with E-state index in [0.29, 0.717) is 34.0 Å². The van der Waals surface area contributed by atoms with E-state index in [1.807, 2.05) is 0 Å². The number of nitrogens with zero attached hydrogens (tertiary/aromatic N) is 3. The molecule has 2 aromatic rings. The number of aliphatic hydroxyl groups excluding tert-OH is 4. The Kier molecular flexibility index (Phi) is 13.3. The number of aryl methyl sites for hydroxylation is 1. The van der Waals surface area contributed by atoms with E-state index in [1.165, 1.54) is 11.1 Å². The number of carbonyl (C=O) groups is 3. The largest absolute Gasteiger partial charge is 0.505 e. The van der Waals surface area contributed by atoms with Crippen molar-refractivity contribution in [1.29, 1.82) is 0 Å². The normalized spacial score (nSPS) is 16.0. The summed E-state index contributed by atoms with van der Waals surface area (Å²) in [6.07, 6.45) is -0.683. The van der Waals surface area contributed by atoms with Gasteiger partial charge in [-0.3, -0.25) is 14.1 Å². The van der Waals surface area contributed by atoms with Gasteiger partial charge in [-0.1, -0.05) is 30.3 Å². The molecule has 16 nitrogen and oxygen atoms in total. The van der Waals surface area contributed by atoms with Crippen molar-refractivity contribution in [3.63, 3.8) is 0 Å². The van der Waals surface area contributed by atoms with Crippen LogP contribution in [0.2, 0.25) is 0 Å². The zero-order valence-electron chi connectivity index (χ0n) is 22.9. The summed E-state index contributed by atoms with van der Waals surface area (Å²) in [5, 5.41) is 34.8. The lowest BCUT2D eigenvalue weighted by Crippen LogP contribution is -2.31. The Balaban J connectivity index is 0.000000448. The van der Waals surface area contributed by atoms with Gasteiger partial charge in [0, 0.05) is 34.3 Å². The van der Waals surface area contributed by atoms with Crippen LogP contribution in [0.4, 0.5) is 5.82 Å². The minimum absolute atomic E-state index is 0.00437. The number of amides is 1. The molecule has 18 heteroatoms. The number of aromatic nitrogens is 2. The second kappa shape index (κ2) is 16.1. The SMILES string of the molecule is C/C(=C(/CCOP(=O)(O)O)SC(=O)c1ccccc1)N(C=O)Cc1cnc(C)nc1N.O=C1O[C@H]([C@@H](O)CO)C(O)=C1O. The van der Waals surface area contributed by atoms with Crippen LogP contribution in [0.5, 0.6) is 0 Å². The number of phosphoric ester groups is 1. The monoisotopic (exact) mass is 642 g/mol. The summed E-state index contributed by atoms with van der Waals surface area (Å²) in [5.74, 6) is -2.06. The zero-order chi connectivity index (χ0) is 32.3. The second-order valence-corrected chi connectivity index (χ2v) is 11.0. The maximum absolute atomic E-state index is 12.7. The summed E-state index contributed by atoms with van der Waals surface area (Å²) < 4.78 is 19.8. The first-order valence-electron chi connectivity index (χ1n) is 12.3. The number of hydrogen-bond donors (Lipinski definition) is 7. The molecule has 0 radical (unpaired) electrons. The highest BCUT2D eigenvalue weighted by Crippen LogP contribution is 2.37. The Morgan fingerprint density at radius 3 is 2.44 bits per heavy atom. The van der Waals surface area contributed by atoms with Gasteiger partial charge in [0.25, 0.3) is 0 Å². The number of phosphoric acid groups is 1. The van der Waals surface area contributed by atoms with Gasteiger partial charge in [-0.15, -0.1) is 0 Å². The number of allylic oxidation sites excluding steroid dienone is 1. The van der Waals surface area contributed by atoms with E-state index in [2.05, 4.69) is 19.2 Å². The molecule has 43 heavy (non-hydrogen) atoms. The average Bonchev–Trinajstić information content (AvgIpc) is 3.22. The number of anilines is 1. The van der Waals surface area contributed by atoms with Crippen LogP contribution in [0.3, 0.4) is 0 Å². The first-order chi connectivity index (χ1) is 20.2. The van der Waals surface area contributed by atoms with E-state index < -0.39 is 44.1 Å². The fourth-order valence-electron chi connectivity index (χ4n) is 3.34. The van der Waals surface area contributed by atoms with Crippen molar-refractivity contribution in [1.82, 2.24) is 14.9 Å². The number of rotatable bonds is 12. The number of aliphatic hydroxyl groups is 4. The highest BCUT2D eigenvalue weighted by molar-refractivity contribution is 8.17.